The standard InChI is InChI=1S/C11H21NS/c1-3-10-7-9-8-13-6-5-11(9)12(10)4-2/h9-11H,3-8H2,1-2H3. The fraction of sp³-hybridized carbons (Fsp3) is 1.00. The molecule has 1 nitrogen and oxygen atoms in total. The van der Waals surface area contributed by atoms with E-state index in [1.807, 2.05) is 0 Å². The van der Waals surface area contributed by atoms with E-state index in [9.17, 15) is 0 Å². The number of nitrogens with zero attached hydrogens (tertiary/aromatic N) is 1. The number of thioether (sulfide) groups is 1. The molecule has 2 fully saturated rings. The van der Waals surface area contributed by atoms with Crippen molar-refractivity contribution in [3.8, 4) is 0 Å². The summed E-state index contributed by atoms with van der Waals surface area (Å²) in [6, 6.07) is 1.84. The normalized spacial score (nSPS) is 40.6. The number of rotatable bonds is 2. The van der Waals surface area contributed by atoms with Crippen LogP contribution < -0.4 is 0 Å². The molecular formula is C11H21NS. The molecule has 0 saturated carbocycles. The van der Waals surface area contributed by atoms with Crippen LogP contribution in [0.1, 0.15) is 33.1 Å². The monoisotopic (exact) mass is 199 g/mol. The Morgan fingerprint density at radius 3 is 2.92 bits per heavy atom. The molecule has 2 heteroatoms. The van der Waals surface area contributed by atoms with Gasteiger partial charge in [0.2, 0.25) is 0 Å². The molecule has 3 unspecified atom stereocenters. The Morgan fingerprint density at radius 2 is 2.23 bits per heavy atom. The molecule has 2 heterocycles. The molecule has 3 atom stereocenters. The largest absolute Gasteiger partial charge is 0.297 e. The van der Waals surface area contributed by atoms with Crippen LogP contribution >= 0.6 is 11.8 Å². The van der Waals surface area contributed by atoms with Crippen LogP contribution in [0.15, 0.2) is 0 Å². The Bertz CT molecular complexity index is 167. The first-order chi connectivity index (χ1) is 6.36. The maximum Gasteiger partial charge on any atom is 0.0143 e. The molecule has 76 valence electrons. The van der Waals surface area contributed by atoms with Gasteiger partial charge in [-0.05, 0) is 43.2 Å². The third-order valence-corrected chi connectivity index (χ3v) is 4.93. The minimum atomic E-state index is 0.902. The topological polar surface area (TPSA) is 3.24 Å². The first-order valence-electron chi connectivity index (χ1n) is 5.70. The first kappa shape index (κ1) is 9.85. The molecule has 0 amide bonds. The van der Waals surface area contributed by atoms with E-state index in [1.54, 1.807) is 0 Å². The van der Waals surface area contributed by atoms with Crippen molar-refractivity contribution < 1.29 is 0 Å². The highest BCUT2D eigenvalue weighted by Crippen LogP contribution is 2.38. The van der Waals surface area contributed by atoms with Crippen molar-refractivity contribution >= 4 is 11.8 Å². The van der Waals surface area contributed by atoms with Crippen LogP contribution in [0.25, 0.3) is 0 Å². The van der Waals surface area contributed by atoms with E-state index >= 15 is 0 Å². The molecule has 0 aliphatic carbocycles. The van der Waals surface area contributed by atoms with E-state index in [4.69, 9.17) is 0 Å². The zero-order valence-corrected chi connectivity index (χ0v) is 9.65. The molecular weight excluding hydrogens is 178 g/mol. The summed E-state index contributed by atoms with van der Waals surface area (Å²) in [5.74, 6) is 3.84. The molecule has 0 aromatic carbocycles. The lowest BCUT2D eigenvalue weighted by atomic mass is 9.98. The van der Waals surface area contributed by atoms with Gasteiger partial charge in [0.25, 0.3) is 0 Å². The molecule has 2 rings (SSSR count). The average Bonchev–Trinajstić information content (AvgIpc) is 2.55. The highest BCUT2D eigenvalue weighted by Gasteiger charge is 2.40. The van der Waals surface area contributed by atoms with Gasteiger partial charge in [-0.2, -0.15) is 11.8 Å². The van der Waals surface area contributed by atoms with Gasteiger partial charge >= 0.3 is 0 Å². The Kier molecular flexibility index (Phi) is 3.20. The summed E-state index contributed by atoms with van der Waals surface area (Å²) in [5.41, 5.74) is 0. The highest BCUT2D eigenvalue weighted by atomic mass is 32.2. The molecule has 0 radical (unpaired) electrons. The Labute approximate surface area is 86.3 Å². The Balaban J connectivity index is 2.05. The summed E-state index contributed by atoms with van der Waals surface area (Å²) in [7, 11) is 0. The molecule has 13 heavy (non-hydrogen) atoms. The Hall–Kier alpha value is 0.310. The summed E-state index contributed by atoms with van der Waals surface area (Å²) in [6.45, 7) is 5.94. The molecule has 0 spiro atoms. The summed E-state index contributed by atoms with van der Waals surface area (Å²) < 4.78 is 0. The van der Waals surface area contributed by atoms with Crippen molar-refractivity contribution in [1.82, 2.24) is 4.90 Å². The minimum Gasteiger partial charge on any atom is -0.297 e. The van der Waals surface area contributed by atoms with Crippen molar-refractivity contribution in [2.45, 2.75) is 45.2 Å². The molecule has 0 N–H and O–H groups in total. The number of hydrogen-bond donors (Lipinski definition) is 0. The average molecular weight is 199 g/mol. The minimum absolute atomic E-state index is 0.902. The Morgan fingerprint density at radius 1 is 1.38 bits per heavy atom. The van der Waals surface area contributed by atoms with Gasteiger partial charge in [-0.3, -0.25) is 4.90 Å². The van der Waals surface area contributed by atoms with Crippen molar-refractivity contribution in [3.63, 3.8) is 0 Å². The van der Waals surface area contributed by atoms with Gasteiger partial charge in [-0.15, -0.1) is 0 Å². The van der Waals surface area contributed by atoms with Crippen LogP contribution in [-0.4, -0.2) is 35.0 Å². The summed E-state index contributed by atoms with van der Waals surface area (Å²) in [6.07, 6.45) is 4.27. The molecule has 0 aromatic heterocycles. The van der Waals surface area contributed by atoms with Gasteiger partial charge in [0.1, 0.15) is 0 Å². The van der Waals surface area contributed by atoms with Crippen molar-refractivity contribution in [1.29, 1.82) is 0 Å². The van der Waals surface area contributed by atoms with E-state index < -0.39 is 0 Å². The second-order valence-electron chi connectivity index (χ2n) is 4.32. The summed E-state index contributed by atoms with van der Waals surface area (Å²) in [4.78, 5) is 2.77. The predicted octanol–water partition coefficient (Wildman–Crippen LogP) is 2.61. The van der Waals surface area contributed by atoms with Crippen molar-refractivity contribution in [3.05, 3.63) is 0 Å². The van der Waals surface area contributed by atoms with Gasteiger partial charge in [0.15, 0.2) is 0 Å². The van der Waals surface area contributed by atoms with Gasteiger partial charge in [0, 0.05) is 12.1 Å². The van der Waals surface area contributed by atoms with Crippen LogP contribution in [-0.2, 0) is 0 Å². The number of hydrogen-bond acceptors (Lipinski definition) is 2. The molecule has 0 aromatic rings. The molecule has 0 bridgehead atoms. The van der Waals surface area contributed by atoms with Crippen LogP contribution in [0, 0.1) is 5.92 Å². The van der Waals surface area contributed by atoms with E-state index in [2.05, 4.69) is 30.5 Å². The third kappa shape index (κ3) is 1.75. The van der Waals surface area contributed by atoms with E-state index in [0.29, 0.717) is 0 Å². The van der Waals surface area contributed by atoms with Crippen molar-refractivity contribution in [2.24, 2.45) is 5.92 Å². The molecule has 2 saturated heterocycles. The van der Waals surface area contributed by atoms with Crippen LogP contribution in [0.2, 0.25) is 0 Å². The fourth-order valence-corrected chi connectivity index (χ4v) is 4.33. The summed E-state index contributed by atoms with van der Waals surface area (Å²) >= 11 is 2.17. The number of fused-ring (bicyclic) bond motifs is 1. The highest BCUT2D eigenvalue weighted by molar-refractivity contribution is 7.99. The lowest BCUT2D eigenvalue weighted by Crippen LogP contribution is -2.39. The van der Waals surface area contributed by atoms with E-state index in [1.165, 1.54) is 37.3 Å². The zero-order valence-electron chi connectivity index (χ0n) is 8.83. The SMILES string of the molecule is CCC1CC2CSCCC2N1CC. The smallest absolute Gasteiger partial charge is 0.0143 e. The lowest BCUT2D eigenvalue weighted by Gasteiger charge is -2.32. The van der Waals surface area contributed by atoms with E-state index in [0.717, 1.165) is 18.0 Å². The maximum atomic E-state index is 2.77. The fourth-order valence-electron chi connectivity index (χ4n) is 3.10. The second kappa shape index (κ2) is 4.22. The maximum absolute atomic E-state index is 2.77. The van der Waals surface area contributed by atoms with Gasteiger partial charge in [-0.25, -0.2) is 0 Å². The second-order valence-corrected chi connectivity index (χ2v) is 5.47. The molecule has 2 aliphatic rings. The van der Waals surface area contributed by atoms with Crippen molar-refractivity contribution in [2.75, 3.05) is 18.1 Å². The van der Waals surface area contributed by atoms with E-state index in [-0.39, 0.29) is 0 Å². The summed E-state index contributed by atoms with van der Waals surface area (Å²) in [5, 5.41) is 0. The third-order valence-electron chi connectivity index (χ3n) is 3.74. The quantitative estimate of drug-likeness (QED) is 0.672. The number of likely N-dealkylation sites (tertiary alicyclic amines) is 1. The van der Waals surface area contributed by atoms with Gasteiger partial charge in [0.05, 0.1) is 0 Å². The first-order valence-corrected chi connectivity index (χ1v) is 6.85. The molecule has 2 aliphatic heterocycles. The van der Waals surface area contributed by atoms with Crippen LogP contribution in [0.5, 0.6) is 0 Å². The van der Waals surface area contributed by atoms with Gasteiger partial charge < -0.3 is 0 Å². The van der Waals surface area contributed by atoms with Gasteiger partial charge in [-0.1, -0.05) is 13.8 Å². The predicted molar refractivity (Wildman–Crippen MR) is 60.3 cm³/mol. The van der Waals surface area contributed by atoms with Crippen LogP contribution in [0.4, 0.5) is 0 Å². The van der Waals surface area contributed by atoms with Crippen LogP contribution in [0.3, 0.4) is 0 Å². The zero-order chi connectivity index (χ0) is 9.26. The lowest BCUT2D eigenvalue weighted by molar-refractivity contribution is 0.183.